The highest BCUT2D eigenvalue weighted by Gasteiger charge is 2.31. The maximum absolute atomic E-state index is 14.3. The molecule has 0 fully saturated rings. The number of hydrogen-bond acceptors (Lipinski definition) is 14. The van der Waals surface area contributed by atoms with Crippen LogP contribution in [-0.4, -0.2) is 94.9 Å². The highest BCUT2D eigenvalue weighted by atomic mass is 16.5. The highest BCUT2D eigenvalue weighted by Crippen LogP contribution is 2.48. The first-order chi connectivity index (χ1) is 41.1. The molecular formula is C67H72N10O8+2. The SMILES string of the molecule is COc1cc(C(c2ccccc2)c2cc(OC)c(N=Nc3c(C)c(-[n+]4ccccc4)c(=O)n(CCCN(C)C)c3O)c(C(O)c3ccccc3)c2)cc(C(O)c2ccccc2)c1N=Nc1c(C)c(-[n+]2ccccc2)c(=O)n(CCCN(C)C)c1O. The first-order valence-corrected chi connectivity index (χ1v) is 28.0. The van der Waals surface area contributed by atoms with Gasteiger partial charge in [-0.15, -0.1) is 20.5 Å². The van der Waals surface area contributed by atoms with E-state index in [-0.39, 0.29) is 70.5 Å². The molecule has 0 aliphatic carbocycles. The van der Waals surface area contributed by atoms with Gasteiger partial charge in [-0.1, -0.05) is 103 Å². The molecule has 0 spiro atoms. The molecule has 0 saturated heterocycles. The van der Waals surface area contributed by atoms with Crippen molar-refractivity contribution in [3.8, 4) is 34.6 Å². The molecule has 2 atom stereocenters. The van der Waals surface area contributed by atoms with Crippen molar-refractivity contribution in [2.45, 2.75) is 57.9 Å². The van der Waals surface area contributed by atoms with Crippen molar-refractivity contribution in [2.24, 2.45) is 20.5 Å². The zero-order chi connectivity index (χ0) is 60.3. The normalized spacial score (nSPS) is 12.8. The molecule has 436 valence electrons. The summed E-state index contributed by atoms with van der Waals surface area (Å²) in [6.45, 7) is 5.15. The fourth-order valence-electron chi connectivity index (χ4n) is 10.7. The molecule has 85 heavy (non-hydrogen) atoms. The van der Waals surface area contributed by atoms with Crippen LogP contribution in [0.25, 0.3) is 11.4 Å². The van der Waals surface area contributed by atoms with Crippen LogP contribution in [0, 0.1) is 13.8 Å². The fourth-order valence-corrected chi connectivity index (χ4v) is 10.7. The minimum Gasteiger partial charge on any atom is -0.494 e. The molecule has 9 aromatic rings. The van der Waals surface area contributed by atoms with E-state index in [0.717, 1.165) is 5.56 Å². The quantitative estimate of drug-likeness (QED) is 0.0271. The number of ether oxygens (including phenoxy) is 2. The van der Waals surface area contributed by atoms with Gasteiger partial charge in [0.05, 0.1) is 25.3 Å². The van der Waals surface area contributed by atoms with Crippen LogP contribution in [0.2, 0.25) is 0 Å². The average Bonchev–Trinajstić information content (AvgIpc) is 3.65. The summed E-state index contributed by atoms with van der Waals surface area (Å²) in [4.78, 5) is 32.5. The van der Waals surface area contributed by atoms with E-state index in [4.69, 9.17) is 29.9 Å². The Labute approximate surface area is 494 Å². The van der Waals surface area contributed by atoms with Gasteiger partial charge in [-0.3, -0.25) is 18.7 Å². The maximum Gasteiger partial charge on any atom is 0.326 e. The summed E-state index contributed by atoms with van der Waals surface area (Å²) in [5.41, 5.74) is 4.81. The first kappa shape index (κ1) is 60.1. The second kappa shape index (κ2) is 27.3. The lowest BCUT2D eigenvalue weighted by Gasteiger charge is -2.25. The van der Waals surface area contributed by atoms with Crippen molar-refractivity contribution in [1.82, 2.24) is 18.9 Å². The lowest BCUT2D eigenvalue weighted by atomic mass is 9.81. The molecule has 0 bridgehead atoms. The minimum atomic E-state index is -1.29. The van der Waals surface area contributed by atoms with Gasteiger partial charge in [-0.05, 0) is 120 Å². The number of nitrogens with zero attached hydrogens (tertiary/aromatic N) is 10. The molecule has 0 aliphatic heterocycles. The van der Waals surface area contributed by atoms with Crippen LogP contribution >= 0.6 is 0 Å². The molecule has 4 N–H and O–H groups in total. The Morgan fingerprint density at radius 2 is 0.800 bits per heavy atom. The number of rotatable bonds is 23. The van der Waals surface area contributed by atoms with E-state index in [1.54, 1.807) is 72.0 Å². The molecule has 4 aromatic heterocycles. The van der Waals surface area contributed by atoms with Crippen LogP contribution in [0.3, 0.4) is 0 Å². The summed E-state index contributed by atoms with van der Waals surface area (Å²) in [7, 11) is 10.8. The Morgan fingerprint density at radius 1 is 0.471 bits per heavy atom. The van der Waals surface area contributed by atoms with Crippen LogP contribution in [0.4, 0.5) is 22.7 Å². The predicted molar refractivity (Wildman–Crippen MR) is 326 cm³/mol. The molecule has 0 saturated carbocycles. The number of pyridine rings is 4. The summed E-state index contributed by atoms with van der Waals surface area (Å²) >= 11 is 0. The molecule has 9 rings (SSSR count). The smallest absolute Gasteiger partial charge is 0.326 e. The Balaban J connectivity index is 1.26. The van der Waals surface area contributed by atoms with E-state index in [0.29, 0.717) is 70.4 Å². The Bertz CT molecular complexity index is 3720. The van der Waals surface area contributed by atoms with Crippen LogP contribution in [0.1, 0.15) is 81.0 Å². The van der Waals surface area contributed by atoms with Gasteiger partial charge in [0.15, 0.2) is 36.2 Å². The van der Waals surface area contributed by atoms with Gasteiger partial charge in [0.25, 0.3) is 11.4 Å². The highest BCUT2D eigenvalue weighted by molar-refractivity contribution is 5.68. The predicted octanol–water partition coefficient (Wildman–Crippen LogP) is 10.7. The summed E-state index contributed by atoms with van der Waals surface area (Å²) < 4.78 is 18.5. The molecule has 0 radical (unpaired) electrons. The van der Waals surface area contributed by atoms with Gasteiger partial charge in [0.1, 0.15) is 35.1 Å². The second-order valence-corrected chi connectivity index (χ2v) is 21.3. The molecule has 2 unspecified atom stereocenters. The summed E-state index contributed by atoms with van der Waals surface area (Å²) in [5.74, 6) is -0.913. The molecule has 4 heterocycles. The summed E-state index contributed by atoms with van der Waals surface area (Å²) in [5, 5.41) is 68.3. The topological polar surface area (TPSA) is 207 Å². The zero-order valence-electron chi connectivity index (χ0n) is 49.1. The lowest BCUT2D eigenvalue weighted by Crippen LogP contribution is -2.40. The largest absolute Gasteiger partial charge is 0.494 e. The minimum absolute atomic E-state index is 0.0561. The number of aliphatic hydroxyl groups is 2. The van der Waals surface area contributed by atoms with Crippen LogP contribution in [-0.2, 0) is 13.1 Å². The van der Waals surface area contributed by atoms with Gasteiger partial charge >= 0.3 is 11.1 Å². The van der Waals surface area contributed by atoms with E-state index >= 15 is 0 Å². The second-order valence-electron chi connectivity index (χ2n) is 21.3. The van der Waals surface area contributed by atoms with Crippen molar-refractivity contribution in [3.63, 3.8) is 0 Å². The van der Waals surface area contributed by atoms with E-state index in [2.05, 4.69) is 0 Å². The third kappa shape index (κ3) is 13.2. The lowest BCUT2D eigenvalue weighted by molar-refractivity contribution is -0.597. The number of azo groups is 2. The number of aromatic hydroxyl groups is 2. The Morgan fingerprint density at radius 3 is 1.14 bits per heavy atom. The zero-order valence-corrected chi connectivity index (χ0v) is 49.1. The number of hydrogen-bond donors (Lipinski definition) is 4. The van der Waals surface area contributed by atoms with Crippen molar-refractivity contribution < 1.29 is 39.0 Å². The van der Waals surface area contributed by atoms with Gasteiger partial charge in [-0.2, -0.15) is 9.13 Å². The van der Waals surface area contributed by atoms with E-state index < -0.39 is 29.2 Å². The van der Waals surface area contributed by atoms with Crippen molar-refractivity contribution in [1.29, 1.82) is 0 Å². The van der Waals surface area contributed by atoms with Crippen LogP contribution in [0.5, 0.6) is 23.3 Å². The number of aromatic nitrogens is 4. The van der Waals surface area contributed by atoms with Crippen molar-refractivity contribution in [3.05, 3.63) is 247 Å². The van der Waals surface area contributed by atoms with Gasteiger partial charge < -0.3 is 39.7 Å². The third-order valence-electron chi connectivity index (χ3n) is 15.0. The Kier molecular flexibility index (Phi) is 19.3. The monoisotopic (exact) mass is 1140 g/mol. The van der Waals surface area contributed by atoms with Crippen molar-refractivity contribution >= 4 is 22.7 Å². The van der Waals surface area contributed by atoms with E-state index in [1.807, 2.05) is 165 Å². The van der Waals surface area contributed by atoms with E-state index in [9.17, 15) is 30.0 Å². The van der Waals surface area contributed by atoms with Crippen LogP contribution < -0.4 is 29.7 Å². The molecule has 5 aromatic carbocycles. The van der Waals surface area contributed by atoms with E-state index in [1.165, 1.54) is 23.4 Å². The van der Waals surface area contributed by atoms with Gasteiger partial charge in [0, 0.05) is 54.4 Å². The molecule has 18 heteroatoms. The fraction of sp³-hybridized carbons (Fsp3) is 0.254. The summed E-state index contributed by atoms with van der Waals surface area (Å²) in [6.07, 6.45) is 5.58. The standard InChI is InChI=1S/C67H70N10O8/c1-44-56(64(80)76(38-24-32-72(3)4)66(82)60(44)74-34-20-12-21-35-74)68-70-58-51(62(78)47-28-16-10-17-29-47)40-49(42-53(58)84-7)55(46-26-14-9-15-27-46)50-41-52(63(79)48-30-18-11-19-31-48)59(54(43-50)85-8)71-69-57-45(2)61(75-36-22-13-23-37-75)67(83)77(65(57)81)39-25-33-73(5)6/h9-23,26-31,34-37,40-43,55,62-63,78-79H,24-25,32-33,38-39H2,1-8H3/p+2. The molecule has 0 amide bonds. The van der Waals surface area contributed by atoms with Crippen molar-refractivity contribution in [2.75, 3.05) is 55.5 Å². The van der Waals surface area contributed by atoms with Gasteiger partial charge in [0.2, 0.25) is 11.8 Å². The van der Waals surface area contributed by atoms with Crippen LogP contribution in [0.15, 0.2) is 206 Å². The molecule has 18 nitrogen and oxygen atoms in total. The first-order valence-electron chi connectivity index (χ1n) is 28.0. The number of benzene rings is 5. The van der Waals surface area contributed by atoms with Gasteiger partial charge in [-0.25, -0.2) is 0 Å². The maximum atomic E-state index is 14.3. The Hall–Kier alpha value is -9.46. The summed E-state index contributed by atoms with van der Waals surface area (Å²) in [6, 6.07) is 46.3. The average molecular weight is 1150 g/mol. The molecule has 0 aliphatic rings. The third-order valence-corrected chi connectivity index (χ3v) is 15.0. The number of aliphatic hydroxyl groups excluding tert-OH is 2. The number of methoxy groups -OCH3 is 2. The molecular weight excluding hydrogens is 1070 g/mol.